The minimum Gasteiger partial charge on any atom is -0.387 e. The van der Waals surface area contributed by atoms with Crippen molar-refractivity contribution in [1.82, 2.24) is 0 Å². The highest BCUT2D eigenvalue weighted by Gasteiger charge is 2.63. The molecule has 1 aromatic heterocycles. The van der Waals surface area contributed by atoms with Gasteiger partial charge in [0.25, 0.3) is 0 Å². The van der Waals surface area contributed by atoms with Gasteiger partial charge in [-0.25, -0.2) is 0 Å². The third-order valence-corrected chi connectivity index (χ3v) is 6.08. The zero-order valence-corrected chi connectivity index (χ0v) is 11.4. The molecule has 0 aromatic carbocycles. The molecule has 0 radical (unpaired) electrons. The van der Waals surface area contributed by atoms with Gasteiger partial charge in [-0.05, 0) is 36.1 Å². The monoisotopic (exact) mass is 250 g/mol. The third kappa shape index (κ3) is 1.86. The standard InChI is InChI=1S/C15H22OS/c1-15(14(16)13-9-6-10-17-13)11-7-4-2-3-5-8-12(11)15/h6,9-12,14,16H,2-5,7-8H2,1H3/t11-,12+,14?,15?. The van der Waals surface area contributed by atoms with E-state index in [9.17, 15) is 5.11 Å². The summed E-state index contributed by atoms with van der Waals surface area (Å²) in [4.78, 5) is 1.17. The van der Waals surface area contributed by atoms with Crippen LogP contribution in [0.5, 0.6) is 0 Å². The van der Waals surface area contributed by atoms with E-state index in [0.717, 1.165) is 11.8 Å². The van der Waals surface area contributed by atoms with Crippen LogP contribution in [0, 0.1) is 17.3 Å². The summed E-state index contributed by atoms with van der Waals surface area (Å²) in [7, 11) is 0. The molecule has 1 N–H and O–H groups in total. The van der Waals surface area contributed by atoms with Crippen molar-refractivity contribution in [3.63, 3.8) is 0 Å². The van der Waals surface area contributed by atoms with E-state index >= 15 is 0 Å². The quantitative estimate of drug-likeness (QED) is 0.825. The summed E-state index contributed by atoms with van der Waals surface area (Å²) in [5, 5.41) is 12.7. The van der Waals surface area contributed by atoms with Crippen LogP contribution in [0.3, 0.4) is 0 Å². The lowest BCUT2D eigenvalue weighted by atomic mass is 9.94. The smallest absolute Gasteiger partial charge is 0.0940 e. The first kappa shape index (κ1) is 11.7. The Bertz CT molecular complexity index is 356. The maximum atomic E-state index is 10.6. The van der Waals surface area contributed by atoms with Crippen LogP contribution in [-0.2, 0) is 0 Å². The Morgan fingerprint density at radius 2 is 1.88 bits per heavy atom. The van der Waals surface area contributed by atoms with Gasteiger partial charge in [0.1, 0.15) is 0 Å². The number of hydrogen-bond donors (Lipinski definition) is 1. The molecule has 2 fully saturated rings. The fourth-order valence-electron chi connectivity index (χ4n) is 3.99. The molecular weight excluding hydrogens is 228 g/mol. The topological polar surface area (TPSA) is 20.2 Å². The van der Waals surface area contributed by atoms with E-state index in [0.29, 0.717) is 0 Å². The second-order valence-corrected chi connectivity index (χ2v) is 6.97. The van der Waals surface area contributed by atoms with Gasteiger partial charge in [-0.15, -0.1) is 11.3 Å². The SMILES string of the molecule is CC1(C(O)c2cccs2)[C@@H]2CCCCCC[C@@H]21. The van der Waals surface area contributed by atoms with Gasteiger partial charge in [0.05, 0.1) is 6.10 Å². The van der Waals surface area contributed by atoms with Gasteiger partial charge in [-0.1, -0.05) is 38.7 Å². The highest BCUT2D eigenvalue weighted by atomic mass is 32.1. The van der Waals surface area contributed by atoms with Gasteiger partial charge < -0.3 is 5.11 Å². The molecule has 2 saturated carbocycles. The van der Waals surface area contributed by atoms with Crippen LogP contribution in [0.1, 0.15) is 56.4 Å². The first-order chi connectivity index (χ1) is 8.24. The number of thiophene rings is 1. The molecule has 2 unspecified atom stereocenters. The first-order valence-electron chi connectivity index (χ1n) is 6.96. The van der Waals surface area contributed by atoms with Crippen molar-refractivity contribution in [3.05, 3.63) is 22.4 Å². The Balaban J connectivity index is 1.78. The normalized spacial score (nSPS) is 38.9. The van der Waals surface area contributed by atoms with Gasteiger partial charge in [-0.3, -0.25) is 0 Å². The number of fused-ring (bicyclic) bond motifs is 1. The van der Waals surface area contributed by atoms with E-state index in [-0.39, 0.29) is 11.5 Å². The minimum atomic E-state index is -0.226. The van der Waals surface area contributed by atoms with Crippen LogP contribution in [0.2, 0.25) is 0 Å². The molecule has 0 saturated heterocycles. The minimum absolute atomic E-state index is 0.176. The lowest BCUT2D eigenvalue weighted by Crippen LogP contribution is -2.13. The Morgan fingerprint density at radius 3 is 2.41 bits per heavy atom. The average Bonchev–Trinajstić information content (AvgIpc) is 2.70. The van der Waals surface area contributed by atoms with E-state index in [1.807, 2.05) is 0 Å². The largest absolute Gasteiger partial charge is 0.387 e. The number of aliphatic hydroxyl groups is 1. The second kappa shape index (κ2) is 4.40. The summed E-state index contributed by atoms with van der Waals surface area (Å²) in [5.41, 5.74) is 0.176. The van der Waals surface area contributed by atoms with Crippen LogP contribution < -0.4 is 0 Å². The highest BCUT2D eigenvalue weighted by Crippen LogP contribution is 2.69. The van der Waals surface area contributed by atoms with Crippen molar-refractivity contribution >= 4 is 11.3 Å². The van der Waals surface area contributed by atoms with Crippen LogP contribution in [0.15, 0.2) is 17.5 Å². The fraction of sp³-hybridized carbons (Fsp3) is 0.733. The summed E-state index contributed by atoms with van der Waals surface area (Å²) in [6.45, 7) is 2.32. The molecular formula is C15H22OS. The lowest BCUT2D eigenvalue weighted by molar-refractivity contribution is 0.0877. The summed E-state index contributed by atoms with van der Waals surface area (Å²) < 4.78 is 0. The molecule has 2 aliphatic carbocycles. The molecule has 94 valence electrons. The van der Waals surface area contributed by atoms with Gasteiger partial charge in [-0.2, -0.15) is 0 Å². The molecule has 3 rings (SSSR count). The number of hydrogen-bond acceptors (Lipinski definition) is 2. The average molecular weight is 250 g/mol. The van der Waals surface area contributed by atoms with Crippen molar-refractivity contribution < 1.29 is 5.11 Å². The molecule has 0 amide bonds. The highest BCUT2D eigenvalue weighted by molar-refractivity contribution is 7.10. The molecule has 17 heavy (non-hydrogen) atoms. The molecule has 1 nitrogen and oxygen atoms in total. The van der Waals surface area contributed by atoms with E-state index in [1.165, 1.54) is 43.4 Å². The van der Waals surface area contributed by atoms with Crippen LogP contribution in [-0.4, -0.2) is 5.11 Å². The number of rotatable bonds is 2. The zero-order chi connectivity index (χ0) is 11.9. The Hall–Kier alpha value is -0.340. The van der Waals surface area contributed by atoms with E-state index in [4.69, 9.17) is 0 Å². The molecule has 1 heterocycles. The third-order valence-electron chi connectivity index (χ3n) is 5.16. The molecule has 0 aliphatic heterocycles. The van der Waals surface area contributed by atoms with E-state index in [1.54, 1.807) is 11.3 Å². The molecule has 4 atom stereocenters. The summed E-state index contributed by atoms with van der Waals surface area (Å²) in [5.74, 6) is 1.56. The lowest BCUT2D eigenvalue weighted by Gasteiger charge is -2.19. The second-order valence-electron chi connectivity index (χ2n) is 5.99. The maximum Gasteiger partial charge on any atom is 0.0940 e. The van der Waals surface area contributed by atoms with E-state index < -0.39 is 0 Å². The maximum absolute atomic E-state index is 10.6. The fourth-order valence-corrected chi connectivity index (χ4v) is 4.84. The van der Waals surface area contributed by atoms with Crippen LogP contribution >= 0.6 is 11.3 Å². The molecule has 0 spiro atoms. The summed E-state index contributed by atoms with van der Waals surface area (Å²) in [6.07, 6.45) is 7.98. The van der Waals surface area contributed by atoms with Crippen LogP contribution in [0.4, 0.5) is 0 Å². The predicted octanol–water partition coefficient (Wildman–Crippen LogP) is 4.39. The first-order valence-corrected chi connectivity index (χ1v) is 7.84. The zero-order valence-electron chi connectivity index (χ0n) is 10.6. The van der Waals surface area contributed by atoms with Crippen molar-refractivity contribution in [2.45, 2.75) is 51.6 Å². The van der Waals surface area contributed by atoms with Gasteiger partial charge in [0.2, 0.25) is 0 Å². The molecule has 2 aliphatic rings. The molecule has 1 aromatic rings. The van der Waals surface area contributed by atoms with E-state index in [2.05, 4.69) is 24.4 Å². The van der Waals surface area contributed by atoms with Crippen molar-refractivity contribution in [2.24, 2.45) is 17.3 Å². The van der Waals surface area contributed by atoms with Crippen molar-refractivity contribution in [3.8, 4) is 0 Å². The molecule has 0 bridgehead atoms. The predicted molar refractivity (Wildman–Crippen MR) is 72.1 cm³/mol. The van der Waals surface area contributed by atoms with Crippen molar-refractivity contribution in [2.75, 3.05) is 0 Å². The summed E-state index contributed by atoms with van der Waals surface area (Å²) >= 11 is 1.70. The number of aliphatic hydroxyl groups excluding tert-OH is 1. The van der Waals surface area contributed by atoms with Gasteiger partial charge in [0.15, 0.2) is 0 Å². The van der Waals surface area contributed by atoms with Crippen LogP contribution in [0.25, 0.3) is 0 Å². The Kier molecular flexibility index (Phi) is 3.04. The van der Waals surface area contributed by atoms with Gasteiger partial charge >= 0.3 is 0 Å². The van der Waals surface area contributed by atoms with Gasteiger partial charge in [0, 0.05) is 10.3 Å². The van der Waals surface area contributed by atoms with Crippen molar-refractivity contribution in [1.29, 1.82) is 0 Å². The Labute approximate surface area is 108 Å². The Morgan fingerprint density at radius 1 is 1.24 bits per heavy atom. The summed E-state index contributed by atoms with van der Waals surface area (Å²) in [6, 6.07) is 4.14. The molecule has 2 heteroatoms.